The second-order valence-corrected chi connectivity index (χ2v) is 6.12. The lowest BCUT2D eigenvalue weighted by atomic mass is 9.89. The van der Waals surface area contributed by atoms with Gasteiger partial charge in [0.05, 0.1) is 5.56 Å². The quantitative estimate of drug-likeness (QED) is 0.887. The van der Waals surface area contributed by atoms with Crippen molar-refractivity contribution in [3.8, 4) is 0 Å². The summed E-state index contributed by atoms with van der Waals surface area (Å²) < 4.78 is 5.42. The second kappa shape index (κ2) is 5.88. The number of ether oxygens (including phenoxy) is 1. The summed E-state index contributed by atoms with van der Waals surface area (Å²) in [5, 5.41) is 2.86. The minimum atomic E-state index is -1.17. The van der Waals surface area contributed by atoms with Crippen molar-refractivity contribution in [3.63, 3.8) is 0 Å². The van der Waals surface area contributed by atoms with Crippen LogP contribution in [0.4, 0.5) is 0 Å². The Labute approximate surface area is 135 Å². The van der Waals surface area contributed by atoms with Crippen molar-refractivity contribution in [2.24, 2.45) is 0 Å². The van der Waals surface area contributed by atoms with Crippen LogP contribution in [-0.2, 0) is 22.5 Å². The maximum atomic E-state index is 12.5. The molecule has 0 aromatic heterocycles. The molecule has 1 amide bonds. The molecule has 0 saturated carbocycles. The van der Waals surface area contributed by atoms with E-state index in [1.807, 2.05) is 43.3 Å². The molecule has 1 aliphatic heterocycles. The van der Waals surface area contributed by atoms with Gasteiger partial charge >= 0.3 is 5.97 Å². The fourth-order valence-electron chi connectivity index (χ4n) is 2.73. The summed E-state index contributed by atoms with van der Waals surface area (Å²) in [6, 6.07) is 15.2. The SMILES string of the molecule is Cc1ccc(CNC(=O)[C@@]2(C)Cc3ccccc3C(=O)O2)cc1. The monoisotopic (exact) mass is 309 g/mol. The number of esters is 1. The number of aryl methyl sites for hydroxylation is 1. The van der Waals surface area contributed by atoms with Gasteiger partial charge in [0.25, 0.3) is 5.91 Å². The van der Waals surface area contributed by atoms with E-state index in [4.69, 9.17) is 4.74 Å². The molecule has 3 rings (SSSR count). The molecule has 4 heteroatoms. The fraction of sp³-hybridized carbons (Fsp3) is 0.263. The number of nitrogens with one attached hydrogen (secondary N) is 1. The van der Waals surface area contributed by atoms with Crippen molar-refractivity contribution in [3.05, 3.63) is 70.8 Å². The second-order valence-electron chi connectivity index (χ2n) is 6.12. The van der Waals surface area contributed by atoms with E-state index in [1.165, 1.54) is 5.56 Å². The third-order valence-electron chi connectivity index (χ3n) is 4.14. The number of hydrogen-bond acceptors (Lipinski definition) is 3. The number of fused-ring (bicyclic) bond motifs is 1. The van der Waals surface area contributed by atoms with E-state index in [0.717, 1.165) is 11.1 Å². The summed E-state index contributed by atoms with van der Waals surface area (Å²) in [7, 11) is 0. The summed E-state index contributed by atoms with van der Waals surface area (Å²) in [5.74, 6) is -0.722. The number of carbonyl (C=O) groups excluding carboxylic acids is 2. The van der Waals surface area contributed by atoms with Gasteiger partial charge in [-0.05, 0) is 31.0 Å². The van der Waals surface area contributed by atoms with Crippen LogP contribution in [0.25, 0.3) is 0 Å². The maximum Gasteiger partial charge on any atom is 0.339 e. The van der Waals surface area contributed by atoms with Gasteiger partial charge < -0.3 is 10.1 Å². The molecule has 2 aromatic rings. The molecule has 1 atom stereocenters. The molecular weight excluding hydrogens is 290 g/mol. The Morgan fingerprint density at radius 1 is 1.17 bits per heavy atom. The molecule has 118 valence electrons. The Morgan fingerprint density at radius 2 is 1.87 bits per heavy atom. The van der Waals surface area contributed by atoms with Gasteiger partial charge in [0.1, 0.15) is 0 Å². The van der Waals surface area contributed by atoms with Gasteiger partial charge in [0.2, 0.25) is 0 Å². The lowest BCUT2D eigenvalue weighted by Gasteiger charge is -2.33. The van der Waals surface area contributed by atoms with Crippen LogP contribution >= 0.6 is 0 Å². The van der Waals surface area contributed by atoms with E-state index in [0.29, 0.717) is 18.5 Å². The summed E-state index contributed by atoms with van der Waals surface area (Å²) in [6.45, 7) is 4.08. The van der Waals surface area contributed by atoms with Crippen molar-refractivity contribution in [2.75, 3.05) is 0 Å². The molecule has 1 N–H and O–H groups in total. The van der Waals surface area contributed by atoms with E-state index < -0.39 is 11.6 Å². The highest BCUT2D eigenvalue weighted by Crippen LogP contribution is 2.28. The number of hydrogen-bond donors (Lipinski definition) is 1. The average molecular weight is 309 g/mol. The van der Waals surface area contributed by atoms with Crippen molar-refractivity contribution in [1.29, 1.82) is 0 Å². The molecule has 0 radical (unpaired) electrons. The molecule has 0 saturated heterocycles. The molecule has 1 heterocycles. The van der Waals surface area contributed by atoms with Crippen molar-refractivity contribution in [2.45, 2.75) is 32.4 Å². The van der Waals surface area contributed by atoms with Crippen molar-refractivity contribution in [1.82, 2.24) is 5.32 Å². The van der Waals surface area contributed by atoms with E-state index in [-0.39, 0.29) is 5.91 Å². The van der Waals surface area contributed by atoms with Gasteiger partial charge in [-0.1, -0.05) is 48.0 Å². The molecule has 0 aliphatic carbocycles. The zero-order chi connectivity index (χ0) is 16.4. The molecule has 0 bridgehead atoms. The van der Waals surface area contributed by atoms with Crippen LogP contribution in [0.3, 0.4) is 0 Å². The first-order valence-corrected chi connectivity index (χ1v) is 7.63. The van der Waals surface area contributed by atoms with Crippen LogP contribution in [0.15, 0.2) is 48.5 Å². The highest BCUT2D eigenvalue weighted by molar-refractivity contribution is 5.97. The van der Waals surface area contributed by atoms with Gasteiger partial charge in [-0.2, -0.15) is 0 Å². The van der Waals surface area contributed by atoms with Crippen LogP contribution in [0.1, 0.15) is 34.0 Å². The van der Waals surface area contributed by atoms with E-state index in [2.05, 4.69) is 5.32 Å². The minimum absolute atomic E-state index is 0.277. The number of carbonyl (C=O) groups is 2. The first kappa shape index (κ1) is 15.3. The highest BCUT2D eigenvalue weighted by atomic mass is 16.6. The lowest BCUT2D eigenvalue weighted by Crippen LogP contribution is -2.51. The number of rotatable bonds is 3. The van der Waals surface area contributed by atoms with Crippen LogP contribution in [0.5, 0.6) is 0 Å². The fourth-order valence-corrected chi connectivity index (χ4v) is 2.73. The predicted molar refractivity (Wildman–Crippen MR) is 87.0 cm³/mol. The topological polar surface area (TPSA) is 55.4 Å². The van der Waals surface area contributed by atoms with Crippen LogP contribution < -0.4 is 5.32 Å². The summed E-state index contributed by atoms with van der Waals surface area (Å²) >= 11 is 0. The van der Waals surface area contributed by atoms with Crippen LogP contribution in [-0.4, -0.2) is 17.5 Å². The predicted octanol–water partition coefficient (Wildman–Crippen LogP) is 2.78. The Hall–Kier alpha value is -2.62. The number of cyclic esters (lactones) is 1. The lowest BCUT2D eigenvalue weighted by molar-refractivity contribution is -0.139. The standard InChI is InChI=1S/C19H19NO3/c1-13-7-9-14(10-8-13)12-20-18(22)19(2)11-15-5-3-4-6-16(15)17(21)23-19/h3-10H,11-12H2,1-2H3,(H,20,22)/t19-/m1/s1. The van der Waals surface area contributed by atoms with Gasteiger partial charge in [-0.3, -0.25) is 4.79 Å². The highest BCUT2D eigenvalue weighted by Gasteiger charge is 2.42. The van der Waals surface area contributed by atoms with E-state index in [1.54, 1.807) is 19.1 Å². The normalized spacial score (nSPS) is 19.7. The Balaban J connectivity index is 1.72. The molecule has 0 spiro atoms. The van der Waals surface area contributed by atoms with Gasteiger partial charge in [-0.25, -0.2) is 4.79 Å². The maximum absolute atomic E-state index is 12.5. The van der Waals surface area contributed by atoms with Crippen LogP contribution in [0.2, 0.25) is 0 Å². The summed E-state index contributed by atoms with van der Waals surface area (Å²) in [4.78, 5) is 24.6. The Bertz CT molecular complexity index is 751. The van der Waals surface area contributed by atoms with Crippen LogP contribution in [0, 0.1) is 6.92 Å². The van der Waals surface area contributed by atoms with Gasteiger partial charge in [0.15, 0.2) is 5.60 Å². The molecule has 0 unspecified atom stereocenters. The Morgan fingerprint density at radius 3 is 2.61 bits per heavy atom. The zero-order valence-electron chi connectivity index (χ0n) is 13.3. The summed E-state index contributed by atoms with van der Waals surface area (Å²) in [5.41, 5.74) is 2.39. The first-order valence-electron chi connectivity index (χ1n) is 7.63. The van der Waals surface area contributed by atoms with Crippen molar-refractivity contribution < 1.29 is 14.3 Å². The molecule has 1 aliphatic rings. The van der Waals surface area contributed by atoms with E-state index in [9.17, 15) is 9.59 Å². The molecule has 2 aromatic carbocycles. The van der Waals surface area contributed by atoms with Gasteiger partial charge in [0, 0.05) is 13.0 Å². The first-order chi connectivity index (χ1) is 11.0. The largest absolute Gasteiger partial charge is 0.445 e. The third kappa shape index (κ3) is 3.11. The number of amides is 1. The molecule has 4 nitrogen and oxygen atoms in total. The zero-order valence-corrected chi connectivity index (χ0v) is 13.3. The molecular formula is C19H19NO3. The van der Waals surface area contributed by atoms with E-state index >= 15 is 0 Å². The minimum Gasteiger partial charge on any atom is -0.445 e. The third-order valence-corrected chi connectivity index (χ3v) is 4.14. The number of benzene rings is 2. The molecule has 23 heavy (non-hydrogen) atoms. The smallest absolute Gasteiger partial charge is 0.339 e. The summed E-state index contributed by atoms with van der Waals surface area (Å²) in [6.07, 6.45) is 0.384. The molecule has 0 fully saturated rings. The average Bonchev–Trinajstić information content (AvgIpc) is 2.54. The van der Waals surface area contributed by atoms with Gasteiger partial charge in [-0.15, -0.1) is 0 Å². The van der Waals surface area contributed by atoms with Crippen molar-refractivity contribution >= 4 is 11.9 Å². The Kier molecular flexibility index (Phi) is 3.90.